The molecule has 0 spiro atoms. The summed E-state index contributed by atoms with van der Waals surface area (Å²) in [7, 11) is 0. The van der Waals surface area contributed by atoms with Crippen LogP contribution in [0.5, 0.6) is 5.75 Å². The van der Waals surface area contributed by atoms with Crippen molar-refractivity contribution in [2.24, 2.45) is 0 Å². The van der Waals surface area contributed by atoms with Crippen LogP contribution < -0.4 is 15.6 Å². The van der Waals surface area contributed by atoms with E-state index in [9.17, 15) is 9.59 Å². The van der Waals surface area contributed by atoms with Crippen molar-refractivity contribution in [2.45, 2.75) is 0 Å². The molecule has 1 aromatic heterocycles. The Morgan fingerprint density at radius 1 is 1.14 bits per heavy atom. The lowest BCUT2D eigenvalue weighted by Crippen LogP contribution is -2.43. The summed E-state index contributed by atoms with van der Waals surface area (Å²) in [6, 6.07) is 10.3. The summed E-state index contributed by atoms with van der Waals surface area (Å²) in [4.78, 5) is 27.0. The van der Waals surface area contributed by atoms with Crippen molar-refractivity contribution in [3.63, 3.8) is 0 Å². The second-order valence-corrected chi connectivity index (χ2v) is 4.90. The van der Waals surface area contributed by atoms with Gasteiger partial charge in [0.1, 0.15) is 5.75 Å². The monoisotopic (exact) mass is 349 g/mol. The summed E-state index contributed by atoms with van der Waals surface area (Å²) >= 11 is 3.30. The number of hydrogen-bond acceptors (Lipinski definition) is 4. The first-order valence-electron chi connectivity index (χ1n) is 6.03. The predicted molar refractivity (Wildman–Crippen MR) is 79.5 cm³/mol. The standard InChI is InChI=1S/C14H12BrN3O3/c15-11-3-5-12(6-4-11)21-9-13(19)17-18-14(20)10-2-1-7-16-8-10/h1-8H,9H2,(H,17,19)(H,18,20). The number of ether oxygens (including phenoxy) is 1. The summed E-state index contributed by atoms with van der Waals surface area (Å²) in [6.07, 6.45) is 2.96. The summed E-state index contributed by atoms with van der Waals surface area (Å²) in [6.45, 7) is -0.199. The third kappa shape index (κ3) is 4.88. The molecule has 2 rings (SSSR count). The van der Waals surface area contributed by atoms with Crippen LogP contribution >= 0.6 is 15.9 Å². The van der Waals surface area contributed by atoms with Crippen molar-refractivity contribution in [2.75, 3.05) is 6.61 Å². The zero-order valence-corrected chi connectivity index (χ0v) is 12.5. The number of aromatic nitrogens is 1. The van der Waals surface area contributed by atoms with Gasteiger partial charge in [0.2, 0.25) is 0 Å². The summed E-state index contributed by atoms with van der Waals surface area (Å²) < 4.78 is 6.18. The molecule has 2 aromatic rings. The van der Waals surface area contributed by atoms with E-state index in [1.165, 1.54) is 6.20 Å². The molecule has 2 N–H and O–H groups in total. The third-order valence-electron chi connectivity index (χ3n) is 2.42. The van der Waals surface area contributed by atoms with Crippen LogP contribution in [0.2, 0.25) is 0 Å². The van der Waals surface area contributed by atoms with Crippen molar-refractivity contribution in [3.05, 3.63) is 58.8 Å². The molecule has 108 valence electrons. The first-order valence-corrected chi connectivity index (χ1v) is 6.82. The van der Waals surface area contributed by atoms with Crippen molar-refractivity contribution in [3.8, 4) is 5.75 Å². The Bertz CT molecular complexity index is 617. The van der Waals surface area contributed by atoms with E-state index >= 15 is 0 Å². The Kier molecular flexibility index (Phi) is 5.28. The topological polar surface area (TPSA) is 80.3 Å². The number of carbonyl (C=O) groups is 2. The molecule has 0 saturated carbocycles. The van der Waals surface area contributed by atoms with E-state index in [0.29, 0.717) is 11.3 Å². The number of amides is 2. The van der Waals surface area contributed by atoms with Gasteiger partial charge < -0.3 is 4.74 Å². The Morgan fingerprint density at radius 2 is 1.90 bits per heavy atom. The first kappa shape index (κ1) is 15.0. The Balaban J connectivity index is 1.75. The second kappa shape index (κ2) is 7.39. The lowest BCUT2D eigenvalue weighted by Gasteiger charge is -2.08. The molecule has 0 aliphatic rings. The van der Waals surface area contributed by atoms with Crippen LogP contribution in [-0.4, -0.2) is 23.4 Å². The van der Waals surface area contributed by atoms with Crippen LogP contribution in [0.4, 0.5) is 0 Å². The molecule has 1 heterocycles. The van der Waals surface area contributed by atoms with E-state index in [-0.39, 0.29) is 6.61 Å². The normalized spacial score (nSPS) is 9.76. The summed E-state index contributed by atoms with van der Waals surface area (Å²) in [5.74, 6) is -0.345. The van der Waals surface area contributed by atoms with Gasteiger partial charge in [0.25, 0.3) is 11.8 Å². The van der Waals surface area contributed by atoms with Crippen molar-refractivity contribution >= 4 is 27.7 Å². The average molecular weight is 350 g/mol. The van der Waals surface area contributed by atoms with Crippen LogP contribution in [0.3, 0.4) is 0 Å². The van der Waals surface area contributed by atoms with Gasteiger partial charge in [0.05, 0.1) is 5.56 Å². The number of benzene rings is 1. The van der Waals surface area contributed by atoms with Crippen molar-refractivity contribution < 1.29 is 14.3 Å². The smallest absolute Gasteiger partial charge is 0.276 e. The van der Waals surface area contributed by atoms with Gasteiger partial charge in [-0.05, 0) is 36.4 Å². The Labute approximate surface area is 129 Å². The van der Waals surface area contributed by atoms with Gasteiger partial charge in [-0.1, -0.05) is 15.9 Å². The van der Waals surface area contributed by atoms with E-state index in [4.69, 9.17) is 4.74 Å². The van der Waals surface area contributed by atoms with Gasteiger partial charge in [-0.2, -0.15) is 0 Å². The number of hydrazine groups is 1. The highest BCUT2D eigenvalue weighted by Gasteiger charge is 2.07. The van der Waals surface area contributed by atoms with Gasteiger partial charge in [-0.25, -0.2) is 0 Å². The molecule has 7 heteroatoms. The predicted octanol–water partition coefficient (Wildman–Crippen LogP) is 1.68. The molecule has 0 saturated heterocycles. The second-order valence-electron chi connectivity index (χ2n) is 3.99. The first-order chi connectivity index (χ1) is 10.1. The molecule has 2 amide bonds. The molecule has 0 atom stereocenters. The number of pyridine rings is 1. The van der Waals surface area contributed by atoms with Crippen LogP contribution in [-0.2, 0) is 4.79 Å². The number of halogens is 1. The van der Waals surface area contributed by atoms with E-state index in [1.807, 2.05) is 0 Å². The largest absolute Gasteiger partial charge is 0.484 e. The zero-order valence-electron chi connectivity index (χ0n) is 10.9. The number of nitrogens with one attached hydrogen (secondary N) is 2. The molecule has 0 fully saturated rings. The van der Waals surface area contributed by atoms with Crippen LogP contribution in [0.25, 0.3) is 0 Å². The number of carbonyl (C=O) groups excluding carboxylic acids is 2. The number of hydrogen-bond donors (Lipinski definition) is 2. The third-order valence-corrected chi connectivity index (χ3v) is 2.95. The van der Waals surface area contributed by atoms with E-state index in [1.54, 1.807) is 42.6 Å². The molecule has 0 aliphatic heterocycles. The summed E-state index contributed by atoms with van der Waals surface area (Å²) in [5, 5.41) is 0. The molecule has 21 heavy (non-hydrogen) atoms. The lowest BCUT2D eigenvalue weighted by atomic mass is 10.3. The van der Waals surface area contributed by atoms with Gasteiger partial charge in [-0.15, -0.1) is 0 Å². The molecular weight excluding hydrogens is 338 g/mol. The molecule has 6 nitrogen and oxygen atoms in total. The Morgan fingerprint density at radius 3 is 2.57 bits per heavy atom. The van der Waals surface area contributed by atoms with E-state index < -0.39 is 11.8 Å². The minimum atomic E-state index is -0.463. The zero-order chi connectivity index (χ0) is 15.1. The highest BCUT2D eigenvalue weighted by atomic mass is 79.9. The van der Waals surface area contributed by atoms with Crippen LogP contribution in [0, 0.1) is 0 Å². The number of rotatable bonds is 4. The molecular formula is C14H12BrN3O3. The highest BCUT2D eigenvalue weighted by molar-refractivity contribution is 9.10. The van der Waals surface area contributed by atoms with Crippen molar-refractivity contribution in [1.29, 1.82) is 0 Å². The van der Waals surface area contributed by atoms with Gasteiger partial charge in [0.15, 0.2) is 6.61 Å². The SMILES string of the molecule is O=C(COc1ccc(Br)cc1)NNC(=O)c1cccnc1. The maximum absolute atomic E-state index is 11.6. The maximum Gasteiger partial charge on any atom is 0.276 e. The molecule has 1 aromatic carbocycles. The highest BCUT2D eigenvalue weighted by Crippen LogP contribution is 2.15. The quantitative estimate of drug-likeness (QED) is 0.823. The molecule has 0 aliphatic carbocycles. The van der Waals surface area contributed by atoms with Gasteiger partial charge in [0, 0.05) is 16.9 Å². The molecule has 0 unspecified atom stereocenters. The minimum absolute atomic E-state index is 0.199. The van der Waals surface area contributed by atoms with Crippen molar-refractivity contribution in [1.82, 2.24) is 15.8 Å². The van der Waals surface area contributed by atoms with Gasteiger partial charge in [-0.3, -0.25) is 25.4 Å². The minimum Gasteiger partial charge on any atom is -0.484 e. The average Bonchev–Trinajstić information content (AvgIpc) is 2.53. The molecule has 0 radical (unpaired) electrons. The van der Waals surface area contributed by atoms with Crippen LogP contribution in [0.15, 0.2) is 53.3 Å². The van der Waals surface area contributed by atoms with E-state index in [0.717, 1.165) is 4.47 Å². The van der Waals surface area contributed by atoms with Crippen LogP contribution in [0.1, 0.15) is 10.4 Å². The van der Waals surface area contributed by atoms with E-state index in [2.05, 4.69) is 31.8 Å². The Hall–Kier alpha value is -2.41. The lowest BCUT2D eigenvalue weighted by molar-refractivity contribution is -0.123. The fourth-order valence-electron chi connectivity index (χ4n) is 1.41. The molecule has 0 bridgehead atoms. The van der Waals surface area contributed by atoms with Gasteiger partial charge >= 0.3 is 0 Å². The summed E-state index contributed by atoms with van der Waals surface area (Å²) in [5.41, 5.74) is 4.89. The number of nitrogens with zero attached hydrogens (tertiary/aromatic N) is 1. The maximum atomic E-state index is 11.6. The fourth-order valence-corrected chi connectivity index (χ4v) is 1.68. The fraction of sp³-hybridized carbons (Fsp3) is 0.0714.